The van der Waals surface area contributed by atoms with Gasteiger partial charge in [0.05, 0.1) is 18.7 Å². The summed E-state index contributed by atoms with van der Waals surface area (Å²) >= 11 is 1.40. The average Bonchev–Trinajstić information content (AvgIpc) is 3.09. The molecule has 2 amide bonds. The first-order chi connectivity index (χ1) is 11.9. The van der Waals surface area contributed by atoms with Gasteiger partial charge in [-0.1, -0.05) is 18.2 Å². The summed E-state index contributed by atoms with van der Waals surface area (Å²) in [5.41, 5.74) is -0.733. The number of aromatic nitrogens is 1. The molecular weight excluding hydrogens is 355 g/mol. The Morgan fingerprint density at radius 3 is 2.76 bits per heavy atom. The van der Waals surface area contributed by atoms with E-state index < -0.39 is 17.8 Å². The van der Waals surface area contributed by atoms with E-state index in [0.717, 1.165) is 11.1 Å². The number of alkyl halides is 3. The van der Waals surface area contributed by atoms with Crippen LogP contribution in [0.4, 0.5) is 18.0 Å². The topological polar surface area (TPSA) is 54.5 Å². The maximum atomic E-state index is 13.0. The predicted molar refractivity (Wildman–Crippen MR) is 88.1 cm³/mol. The number of methoxy groups -OCH3 is 1. The minimum atomic E-state index is -4.46. The number of halogens is 3. The zero-order valence-electron chi connectivity index (χ0n) is 13.5. The quantitative estimate of drug-likeness (QED) is 0.808. The van der Waals surface area contributed by atoms with Crippen molar-refractivity contribution in [3.05, 3.63) is 52.0 Å². The number of thiazole rings is 1. The van der Waals surface area contributed by atoms with E-state index in [0.29, 0.717) is 13.2 Å². The summed E-state index contributed by atoms with van der Waals surface area (Å²) in [6.07, 6.45) is -2.83. The van der Waals surface area contributed by atoms with Crippen LogP contribution in [0, 0.1) is 0 Å². The fourth-order valence-electron chi connectivity index (χ4n) is 2.18. The molecule has 25 heavy (non-hydrogen) atoms. The second-order valence-corrected chi connectivity index (χ2v) is 6.13. The average molecular weight is 373 g/mol. The lowest BCUT2D eigenvalue weighted by Crippen LogP contribution is -2.41. The normalized spacial score (nSPS) is 11.4. The highest BCUT2D eigenvalue weighted by Crippen LogP contribution is 2.31. The Morgan fingerprint density at radius 2 is 2.12 bits per heavy atom. The zero-order valence-corrected chi connectivity index (χ0v) is 14.4. The maximum absolute atomic E-state index is 13.0. The van der Waals surface area contributed by atoms with Crippen LogP contribution in [0.3, 0.4) is 0 Å². The molecule has 1 heterocycles. The van der Waals surface area contributed by atoms with Crippen LogP contribution in [0.5, 0.6) is 0 Å². The lowest BCUT2D eigenvalue weighted by atomic mass is 10.1. The number of hydrogen-bond acceptors (Lipinski definition) is 4. The van der Waals surface area contributed by atoms with Crippen molar-refractivity contribution in [2.24, 2.45) is 0 Å². The van der Waals surface area contributed by atoms with Crippen LogP contribution in [-0.2, 0) is 24.0 Å². The van der Waals surface area contributed by atoms with Gasteiger partial charge in [-0.05, 0) is 11.6 Å². The Bertz CT molecular complexity index is 678. The number of rotatable bonds is 7. The number of carbonyl (C=O) groups excluding carboxylic acids is 1. The van der Waals surface area contributed by atoms with Gasteiger partial charge in [-0.25, -0.2) is 9.78 Å². The summed E-state index contributed by atoms with van der Waals surface area (Å²) in [5.74, 6) is 0. The minimum Gasteiger partial charge on any atom is -0.383 e. The van der Waals surface area contributed by atoms with Gasteiger partial charge in [-0.2, -0.15) is 13.2 Å². The summed E-state index contributed by atoms with van der Waals surface area (Å²) in [7, 11) is 1.51. The molecule has 0 aliphatic carbocycles. The Hall–Kier alpha value is -2.13. The molecule has 1 aromatic heterocycles. The van der Waals surface area contributed by atoms with Gasteiger partial charge in [-0.15, -0.1) is 11.3 Å². The number of nitrogens with one attached hydrogen (secondary N) is 1. The third-order valence-electron chi connectivity index (χ3n) is 3.41. The van der Waals surface area contributed by atoms with E-state index >= 15 is 0 Å². The molecule has 0 radical (unpaired) electrons. The van der Waals surface area contributed by atoms with E-state index in [1.807, 2.05) is 0 Å². The first-order valence-electron chi connectivity index (χ1n) is 7.47. The molecule has 0 fully saturated rings. The molecule has 0 bridgehead atoms. The summed E-state index contributed by atoms with van der Waals surface area (Å²) in [6.45, 7) is 0.685. The van der Waals surface area contributed by atoms with Crippen molar-refractivity contribution in [2.45, 2.75) is 19.3 Å². The van der Waals surface area contributed by atoms with Crippen LogP contribution >= 0.6 is 11.3 Å². The molecule has 0 aliphatic heterocycles. The molecular formula is C16H18F3N3O2S. The number of nitrogens with zero attached hydrogens (tertiary/aromatic N) is 2. The number of ether oxygens (including phenoxy) is 1. The van der Waals surface area contributed by atoms with E-state index in [1.54, 1.807) is 11.6 Å². The second-order valence-electron chi connectivity index (χ2n) is 5.15. The Labute approximate surface area is 147 Å². The molecule has 9 heteroatoms. The zero-order chi connectivity index (χ0) is 18.3. The van der Waals surface area contributed by atoms with Crippen LogP contribution < -0.4 is 5.32 Å². The van der Waals surface area contributed by atoms with E-state index in [-0.39, 0.29) is 18.7 Å². The molecule has 136 valence electrons. The second kappa shape index (κ2) is 8.82. The summed E-state index contributed by atoms with van der Waals surface area (Å²) in [5, 5.41) is 5.07. The number of hydrogen-bond donors (Lipinski definition) is 1. The van der Waals surface area contributed by atoms with Gasteiger partial charge in [-0.3, -0.25) is 0 Å². The van der Waals surface area contributed by atoms with Crippen molar-refractivity contribution in [1.82, 2.24) is 15.2 Å². The Balaban J connectivity index is 2.03. The molecule has 1 N–H and O–H groups in total. The third-order valence-corrected chi connectivity index (χ3v) is 4.18. The minimum absolute atomic E-state index is 0.0179. The first-order valence-corrected chi connectivity index (χ1v) is 8.35. The molecule has 0 spiro atoms. The monoisotopic (exact) mass is 373 g/mol. The molecule has 0 atom stereocenters. The molecule has 0 saturated carbocycles. The standard InChI is InChI=1S/C16H18F3N3O2S/c1-24-8-7-22(11-14-20-6-9-25-14)15(23)21-10-12-4-2-3-5-13(12)16(17,18)19/h2-6,9H,7-8,10-11H2,1H3,(H,21,23). The lowest BCUT2D eigenvalue weighted by Gasteiger charge is -2.22. The smallest absolute Gasteiger partial charge is 0.383 e. The highest BCUT2D eigenvalue weighted by Gasteiger charge is 2.32. The SMILES string of the molecule is COCCN(Cc1nccs1)C(=O)NCc1ccccc1C(F)(F)F. The van der Waals surface area contributed by atoms with Gasteiger partial charge >= 0.3 is 12.2 Å². The van der Waals surface area contributed by atoms with Crippen molar-refractivity contribution in [1.29, 1.82) is 0 Å². The Kier molecular flexibility index (Phi) is 6.77. The van der Waals surface area contributed by atoms with Crippen molar-refractivity contribution in [3.8, 4) is 0 Å². The van der Waals surface area contributed by atoms with Gasteiger partial charge < -0.3 is 15.0 Å². The molecule has 0 saturated heterocycles. The Morgan fingerprint density at radius 1 is 1.36 bits per heavy atom. The van der Waals surface area contributed by atoms with Gasteiger partial charge in [0, 0.05) is 31.8 Å². The summed E-state index contributed by atoms with van der Waals surface area (Å²) in [6, 6.07) is 4.71. The maximum Gasteiger partial charge on any atom is 0.416 e. The number of benzene rings is 1. The molecule has 2 aromatic rings. The molecule has 2 rings (SSSR count). The highest BCUT2D eigenvalue weighted by molar-refractivity contribution is 7.09. The van der Waals surface area contributed by atoms with Crippen LogP contribution in [0.2, 0.25) is 0 Å². The van der Waals surface area contributed by atoms with Crippen molar-refractivity contribution < 1.29 is 22.7 Å². The van der Waals surface area contributed by atoms with Crippen molar-refractivity contribution in [2.75, 3.05) is 20.3 Å². The van der Waals surface area contributed by atoms with Crippen LogP contribution in [0.1, 0.15) is 16.1 Å². The van der Waals surface area contributed by atoms with E-state index in [4.69, 9.17) is 4.74 Å². The van der Waals surface area contributed by atoms with E-state index in [1.165, 1.54) is 41.5 Å². The molecule has 1 aromatic carbocycles. The van der Waals surface area contributed by atoms with E-state index in [2.05, 4.69) is 10.3 Å². The lowest BCUT2D eigenvalue weighted by molar-refractivity contribution is -0.138. The van der Waals surface area contributed by atoms with E-state index in [9.17, 15) is 18.0 Å². The van der Waals surface area contributed by atoms with Gasteiger partial charge in [0.2, 0.25) is 0 Å². The third kappa shape index (κ3) is 5.71. The van der Waals surface area contributed by atoms with Crippen LogP contribution in [0.15, 0.2) is 35.8 Å². The predicted octanol–water partition coefficient (Wildman–Crippen LogP) is 3.52. The first kappa shape index (κ1) is 19.2. The fraction of sp³-hybridized carbons (Fsp3) is 0.375. The number of amides is 2. The van der Waals surface area contributed by atoms with Gasteiger partial charge in [0.15, 0.2) is 0 Å². The number of urea groups is 1. The van der Waals surface area contributed by atoms with Gasteiger partial charge in [0.25, 0.3) is 0 Å². The molecule has 0 unspecified atom stereocenters. The number of carbonyl (C=O) groups is 1. The molecule has 5 nitrogen and oxygen atoms in total. The van der Waals surface area contributed by atoms with Crippen molar-refractivity contribution >= 4 is 17.4 Å². The van der Waals surface area contributed by atoms with Gasteiger partial charge in [0.1, 0.15) is 5.01 Å². The fourth-order valence-corrected chi connectivity index (χ4v) is 2.81. The van der Waals surface area contributed by atoms with Crippen molar-refractivity contribution in [3.63, 3.8) is 0 Å². The van der Waals surface area contributed by atoms with Crippen LogP contribution in [-0.4, -0.2) is 36.2 Å². The highest BCUT2D eigenvalue weighted by atomic mass is 32.1. The van der Waals surface area contributed by atoms with Crippen LogP contribution in [0.25, 0.3) is 0 Å². The summed E-state index contributed by atoms with van der Waals surface area (Å²) < 4.78 is 44.0. The summed E-state index contributed by atoms with van der Waals surface area (Å²) in [4.78, 5) is 17.9. The largest absolute Gasteiger partial charge is 0.416 e. The molecule has 0 aliphatic rings.